The van der Waals surface area contributed by atoms with Gasteiger partial charge in [-0.25, -0.2) is 9.66 Å². The van der Waals surface area contributed by atoms with Crippen LogP contribution in [0.5, 0.6) is 0 Å². The smallest absolute Gasteiger partial charge is 0.271 e. The van der Waals surface area contributed by atoms with E-state index in [1.54, 1.807) is 0 Å². The van der Waals surface area contributed by atoms with Crippen LogP contribution in [0.3, 0.4) is 0 Å². The summed E-state index contributed by atoms with van der Waals surface area (Å²) in [6.45, 7) is 0.754. The molecule has 1 amide bonds. The van der Waals surface area contributed by atoms with Crippen LogP contribution in [0.15, 0.2) is 12.5 Å². The zero-order valence-corrected chi connectivity index (χ0v) is 9.35. The summed E-state index contributed by atoms with van der Waals surface area (Å²) in [5, 5.41) is 2.92. The molecule has 0 aromatic carbocycles. The molecule has 1 heterocycles. The van der Waals surface area contributed by atoms with Crippen LogP contribution in [0, 0.1) is 5.92 Å². The Hall–Kier alpha value is -1.52. The van der Waals surface area contributed by atoms with Crippen molar-refractivity contribution in [3.05, 3.63) is 18.2 Å². The first-order chi connectivity index (χ1) is 7.77. The van der Waals surface area contributed by atoms with Crippen LogP contribution >= 0.6 is 0 Å². The molecule has 1 aromatic heterocycles. The summed E-state index contributed by atoms with van der Waals surface area (Å²) in [6, 6.07) is 0. The summed E-state index contributed by atoms with van der Waals surface area (Å²) < 4.78 is 1.25. The molecular formula is C11H18N4O. The molecular weight excluding hydrogens is 204 g/mol. The lowest BCUT2D eigenvalue weighted by molar-refractivity contribution is 0.0936. The minimum absolute atomic E-state index is 0.134. The molecule has 2 rings (SSSR count). The van der Waals surface area contributed by atoms with Crippen molar-refractivity contribution < 1.29 is 4.79 Å². The third-order valence-corrected chi connectivity index (χ3v) is 3.17. The van der Waals surface area contributed by atoms with Crippen LogP contribution in [0.1, 0.15) is 42.6 Å². The normalized spacial score (nSPS) is 17.2. The van der Waals surface area contributed by atoms with Gasteiger partial charge in [-0.05, 0) is 18.8 Å². The number of nitrogen functional groups attached to an aromatic ring is 1. The first kappa shape index (κ1) is 11.0. The number of carbonyl (C=O) groups is 1. The van der Waals surface area contributed by atoms with Gasteiger partial charge in [0.25, 0.3) is 5.91 Å². The topological polar surface area (TPSA) is 72.9 Å². The standard InChI is InChI=1S/C11H18N4O/c12-15-8-13-7-10(15)11(16)14-6-9-4-2-1-3-5-9/h7-9H,1-6,12H2,(H,14,16). The van der Waals surface area contributed by atoms with Crippen LogP contribution in [0.2, 0.25) is 0 Å². The minimum Gasteiger partial charge on any atom is -0.350 e. The van der Waals surface area contributed by atoms with Gasteiger partial charge in [-0.3, -0.25) is 4.79 Å². The third kappa shape index (κ3) is 2.53. The Balaban J connectivity index is 1.81. The number of imidazole rings is 1. The van der Waals surface area contributed by atoms with Gasteiger partial charge >= 0.3 is 0 Å². The highest BCUT2D eigenvalue weighted by Gasteiger charge is 2.16. The summed E-state index contributed by atoms with van der Waals surface area (Å²) in [7, 11) is 0. The molecule has 3 N–H and O–H groups in total. The molecule has 0 radical (unpaired) electrons. The Morgan fingerprint density at radius 3 is 2.88 bits per heavy atom. The van der Waals surface area contributed by atoms with Gasteiger partial charge in [0.1, 0.15) is 12.0 Å². The Kier molecular flexibility index (Phi) is 3.44. The van der Waals surface area contributed by atoms with E-state index in [0.29, 0.717) is 11.6 Å². The second-order valence-electron chi connectivity index (χ2n) is 4.40. The number of nitrogens with zero attached hydrogens (tertiary/aromatic N) is 2. The highest BCUT2D eigenvalue weighted by Crippen LogP contribution is 2.22. The maximum absolute atomic E-state index is 11.7. The zero-order chi connectivity index (χ0) is 11.4. The molecule has 1 fully saturated rings. The Bertz CT molecular complexity index is 355. The number of hydrogen-bond acceptors (Lipinski definition) is 3. The van der Waals surface area contributed by atoms with E-state index >= 15 is 0 Å². The lowest BCUT2D eigenvalue weighted by atomic mass is 9.89. The molecule has 0 unspecified atom stereocenters. The van der Waals surface area contributed by atoms with Crippen LogP contribution in [-0.2, 0) is 0 Å². The fourth-order valence-electron chi connectivity index (χ4n) is 2.20. The third-order valence-electron chi connectivity index (χ3n) is 3.17. The van der Waals surface area contributed by atoms with E-state index in [1.165, 1.54) is 49.3 Å². The summed E-state index contributed by atoms with van der Waals surface area (Å²) in [4.78, 5) is 15.5. The molecule has 0 saturated heterocycles. The first-order valence-corrected chi connectivity index (χ1v) is 5.83. The quantitative estimate of drug-likeness (QED) is 0.746. The summed E-state index contributed by atoms with van der Waals surface area (Å²) in [6.07, 6.45) is 9.26. The Morgan fingerprint density at radius 1 is 1.50 bits per heavy atom. The van der Waals surface area contributed by atoms with Crippen molar-refractivity contribution in [3.63, 3.8) is 0 Å². The highest BCUT2D eigenvalue weighted by atomic mass is 16.2. The molecule has 0 spiro atoms. The minimum atomic E-state index is -0.134. The van der Waals surface area contributed by atoms with Crippen molar-refractivity contribution >= 4 is 5.91 Å². The molecule has 1 saturated carbocycles. The summed E-state index contributed by atoms with van der Waals surface area (Å²) in [5.74, 6) is 6.04. The fourth-order valence-corrected chi connectivity index (χ4v) is 2.20. The van der Waals surface area contributed by atoms with E-state index < -0.39 is 0 Å². The molecule has 0 bridgehead atoms. The predicted octanol–water partition coefficient (Wildman–Crippen LogP) is 0.907. The lowest BCUT2D eigenvalue weighted by Gasteiger charge is -2.21. The maximum atomic E-state index is 11.7. The van der Waals surface area contributed by atoms with Gasteiger partial charge in [0.05, 0.1) is 6.20 Å². The van der Waals surface area contributed by atoms with Gasteiger partial charge in [0, 0.05) is 6.54 Å². The van der Waals surface area contributed by atoms with Gasteiger partial charge in [-0.2, -0.15) is 0 Å². The van der Waals surface area contributed by atoms with Crippen LogP contribution in [-0.4, -0.2) is 22.1 Å². The van der Waals surface area contributed by atoms with Crippen LogP contribution in [0.4, 0.5) is 0 Å². The number of nitrogens with two attached hydrogens (primary N) is 1. The first-order valence-electron chi connectivity index (χ1n) is 5.83. The maximum Gasteiger partial charge on any atom is 0.271 e. The van der Waals surface area contributed by atoms with Gasteiger partial charge < -0.3 is 11.2 Å². The van der Waals surface area contributed by atoms with E-state index in [1.807, 2.05) is 0 Å². The summed E-state index contributed by atoms with van der Waals surface area (Å²) >= 11 is 0. The highest BCUT2D eigenvalue weighted by molar-refractivity contribution is 5.92. The predicted molar refractivity (Wildman–Crippen MR) is 61.3 cm³/mol. The molecule has 0 aliphatic heterocycles. The molecule has 5 nitrogen and oxygen atoms in total. The molecule has 1 aliphatic carbocycles. The number of aromatic nitrogens is 2. The average molecular weight is 222 g/mol. The van der Waals surface area contributed by atoms with Gasteiger partial charge in [-0.1, -0.05) is 19.3 Å². The molecule has 1 aliphatic rings. The molecule has 5 heteroatoms. The van der Waals surface area contributed by atoms with E-state index in [0.717, 1.165) is 6.54 Å². The Labute approximate surface area is 95.0 Å². The largest absolute Gasteiger partial charge is 0.350 e. The number of carbonyl (C=O) groups excluding carboxylic acids is 1. The summed E-state index contributed by atoms with van der Waals surface area (Å²) in [5.41, 5.74) is 0.413. The van der Waals surface area contributed by atoms with E-state index in [-0.39, 0.29) is 5.91 Å². The van der Waals surface area contributed by atoms with Crippen molar-refractivity contribution in [3.8, 4) is 0 Å². The fraction of sp³-hybridized carbons (Fsp3) is 0.636. The molecule has 16 heavy (non-hydrogen) atoms. The molecule has 0 atom stereocenters. The van der Waals surface area contributed by atoms with Crippen molar-refractivity contribution in [2.24, 2.45) is 5.92 Å². The van der Waals surface area contributed by atoms with Crippen molar-refractivity contribution in [1.82, 2.24) is 15.0 Å². The number of hydrogen-bond donors (Lipinski definition) is 2. The monoisotopic (exact) mass is 222 g/mol. The second kappa shape index (κ2) is 5.01. The van der Waals surface area contributed by atoms with Crippen molar-refractivity contribution in [1.29, 1.82) is 0 Å². The van der Waals surface area contributed by atoms with Crippen LogP contribution in [0.25, 0.3) is 0 Å². The number of nitrogens with one attached hydrogen (secondary N) is 1. The van der Waals surface area contributed by atoms with Crippen LogP contribution < -0.4 is 11.2 Å². The van der Waals surface area contributed by atoms with Crippen molar-refractivity contribution in [2.45, 2.75) is 32.1 Å². The van der Waals surface area contributed by atoms with E-state index in [4.69, 9.17) is 5.84 Å². The lowest BCUT2D eigenvalue weighted by Crippen LogP contribution is -2.32. The van der Waals surface area contributed by atoms with Gasteiger partial charge in [-0.15, -0.1) is 0 Å². The zero-order valence-electron chi connectivity index (χ0n) is 9.35. The SMILES string of the molecule is Nn1cncc1C(=O)NCC1CCCCC1. The van der Waals surface area contributed by atoms with Crippen molar-refractivity contribution in [2.75, 3.05) is 12.4 Å². The number of amides is 1. The average Bonchev–Trinajstić information content (AvgIpc) is 2.74. The van der Waals surface area contributed by atoms with E-state index in [2.05, 4.69) is 10.3 Å². The molecule has 1 aromatic rings. The molecule has 88 valence electrons. The number of rotatable bonds is 3. The van der Waals surface area contributed by atoms with E-state index in [9.17, 15) is 4.79 Å². The van der Waals surface area contributed by atoms with Gasteiger partial charge in [0.15, 0.2) is 0 Å². The second-order valence-corrected chi connectivity index (χ2v) is 4.40. The van der Waals surface area contributed by atoms with Gasteiger partial charge in [0.2, 0.25) is 0 Å². The Morgan fingerprint density at radius 2 is 2.25 bits per heavy atom.